The second kappa shape index (κ2) is 8.90. The molecule has 0 unspecified atom stereocenters. The molecule has 0 aliphatic heterocycles. The van der Waals surface area contributed by atoms with Gasteiger partial charge in [0.05, 0.1) is 17.1 Å². The molecule has 0 saturated heterocycles. The predicted octanol–water partition coefficient (Wildman–Crippen LogP) is 4.37. The number of nitrogens with zero attached hydrogens (tertiary/aromatic N) is 6. The summed E-state index contributed by atoms with van der Waals surface area (Å²) < 4.78 is 9.16. The van der Waals surface area contributed by atoms with Crippen LogP contribution in [0.4, 0.5) is 0 Å². The van der Waals surface area contributed by atoms with E-state index in [4.69, 9.17) is 9.72 Å². The van der Waals surface area contributed by atoms with E-state index in [1.807, 2.05) is 50.5 Å². The average molecular weight is 509 g/mol. The molecule has 1 aromatic carbocycles. The van der Waals surface area contributed by atoms with Crippen molar-refractivity contribution >= 4 is 15.9 Å². The van der Waals surface area contributed by atoms with Gasteiger partial charge < -0.3 is 4.74 Å². The van der Waals surface area contributed by atoms with Crippen LogP contribution in [-0.2, 0) is 19.1 Å². The van der Waals surface area contributed by atoms with E-state index in [1.54, 1.807) is 10.9 Å². The highest BCUT2D eigenvalue weighted by Gasteiger charge is 2.19. The van der Waals surface area contributed by atoms with Gasteiger partial charge in [-0.1, -0.05) is 32.9 Å². The van der Waals surface area contributed by atoms with E-state index >= 15 is 0 Å². The van der Waals surface area contributed by atoms with Gasteiger partial charge in [0.2, 0.25) is 5.88 Å². The standard InChI is InChI=1S/C24H25BrN6O2/c1-15-6-7-16(18-8-10-26-23(28-18)24(2,3)4)12-19(15)31-14-27-21(20(25)22(31)32)33-13-17-9-11-30(5)29-17/h6-12,14H,13H2,1-5H3. The van der Waals surface area contributed by atoms with Crippen molar-refractivity contribution in [1.29, 1.82) is 0 Å². The van der Waals surface area contributed by atoms with Crippen molar-refractivity contribution in [2.75, 3.05) is 0 Å². The molecule has 170 valence electrons. The maximum Gasteiger partial charge on any atom is 0.276 e. The number of hydrogen-bond acceptors (Lipinski definition) is 6. The second-order valence-corrected chi connectivity index (χ2v) is 9.62. The third-order valence-electron chi connectivity index (χ3n) is 5.10. The van der Waals surface area contributed by atoms with Crippen LogP contribution in [0.5, 0.6) is 5.88 Å². The minimum Gasteiger partial charge on any atom is -0.470 e. The Bertz CT molecular complexity index is 1370. The Morgan fingerprint density at radius 3 is 2.61 bits per heavy atom. The fourth-order valence-corrected chi connectivity index (χ4v) is 3.69. The fraction of sp³-hybridized carbons (Fsp3) is 0.292. The number of halogens is 1. The van der Waals surface area contributed by atoms with Gasteiger partial charge in [-0.3, -0.25) is 14.0 Å². The zero-order valence-electron chi connectivity index (χ0n) is 19.2. The molecule has 0 fully saturated rings. The molecule has 4 rings (SSSR count). The first-order valence-electron chi connectivity index (χ1n) is 10.5. The smallest absolute Gasteiger partial charge is 0.276 e. The molecular formula is C24H25BrN6O2. The zero-order valence-corrected chi connectivity index (χ0v) is 20.8. The van der Waals surface area contributed by atoms with Crippen molar-refractivity contribution in [3.63, 3.8) is 0 Å². The Morgan fingerprint density at radius 1 is 1.12 bits per heavy atom. The number of aromatic nitrogens is 6. The van der Waals surface area contributed by atoms with Crippen LogP contribution in [0.15, 0.2) is 58.3 Å². The average Bonchev–Trinajstić information content (AvgIpc) is 3.20. The number of hydrogen-bond donors (Lipinski definition) is 0. The van der Waals surface area contributed by atoms with E-state index in [1.165, 1.54) is 10.9 Å². The van der Waals surface area contributed by atoms with Gasteiger partial charge in [-0.2, -0.15) is 5.10 Å². The van der Waals surface area contributed by atoms with Crippen molar-refractivity contribution in [2.24, 2.45) is 7.05 Å². The Morgan fingerprint density at radius 2 is 1.91 bits per heavy atom. The van der Waals surface area contributed by atoms with E-state index in [0.717, 1.165) is 34.0 Å². The summed E-state index contributed by atoms with van der Waals surface area (Å²) in [5.74, 6) is 0.986. The lowest BCUT2D eigenvalue weighted by molar-refractivity contribution is 0.284. The Balaban J connectivity index is 1.68. The highest BCUT2D eigenvalue weighted by molar-refractivity contribution is 9.10. The molecule has 3 heterocycles. The number of aryl methyl sites for hydroxylation is 2. The van der Waals surface area contributed by atoms with Gasteiger partial charge >= 0.3 is 0 Å². The quantitative estimate of drug-likeness (QED) is 0.397. The minimum absolute atomic E-state index is 0.166. The number of rotatable bonds is 5. The molecule has 3 aromatic heterocycles. The molecule has 0 spiro atoms. The molecule has 9 heteroatoms. The molecule has 0 saturated carbocycles. The normalized spacial score (nSPS) is 11.6. The Labute approximate surface area is 200 Å². The first-order valence-corrected chi connectivity index (χ1v) is 11.3. The summed E-state index contributed by atoms with van der Waals surface area (Å²) in [6, 6.07) is 9.62. The summed E-state index contributed by atoms with van der Waals surface area (Å²) in [6.45, 7) is 8.40. The van der Waals surface area contributed by atoms with Crippen molar-refractivity contribution in [3.05, 3.63) is 81.0 Å². The highest BCUT2D eigenvalue weighted by Crippen LogP contribution is 2.26. The Hall–Kier alpha value is -3.33. The zero-order chi connectivity index (χ0) is 23.8. The van der Waals surface area contributed by atoms with E-state index in [-0.39, 0.29) is 27.9 Å². The molecule has 0 aliphatic rings. The van der Waals surface area contributed by atoms with Crippen LogP contribution in [0.1, 0.15) is 37.9 Å². The topological polar surface area (TPSA) is 87.7 Å². The lowest BCUT2D eigenvalue weighted by Crippen LogP contribution is -2.21. The lowest BCUT2D eigenvalue weighted by Gasteiger charge is -2.17. The first-order chi connectivity index (χ1) is 15.6. The Kier molecular flexibility index (Phi) is 6.16. The van der Waals surface area contributed by atoms with E-state index in [2.05, 4.69) is 51.8 Å². The van der Waals surface area contributed by atoms with Crippen molar-refractivity contribution < 1.29 is 4.74 Å². The van der Waals surface area contributed by atoms with Crippen LogP contribution in [0.25, 0.3) is 16.9 Å². The SMILES string of the molecule is Cc1ccc(-c2ccnc(C(C)(C)C)n2)cc1-n1cnc(OCc2ccn(C)n2)c(Br)c1=O. The van der Waals surface area contributed by atoms with Gasteiger partial charge in [-0.25, -0.2) is 15.0 Å². The van der Waals surface area contributed by atoms with Crippen molar-refractivity contribution in [1.82, 2.24) is 29.3 Å². The number of benzene rings is 1. The third-order valence-corrected chi connectivity index (χ3v) is 5.78. The van der Waals surface area contributed by atoms with Gasteiger partial charge in [0.15, 0.2) is 0 Å². The van der Waals surface area contributed by atoms with Crippen LogP contribution < -0.4 is 10.3 Å². The van der Waals surface area contributed by atoms with E-state index in [0.29, 0.717) is 0 Å². The second-order valence-electron chi connectivity index (χ2n) is 8.83. The molecular weight excluding hydrogens is 484 g/mol. The van der Waals surface area contributed by atoms with Gasteiger partial charge in [0, 0.05) is 30.4 Å². The highest BCUT2D eigenvalue weighted by atomic mass is 79.9. The van der Waals surface area contributed by atoms with Gasteiger partial charge in [0.1, 0.15) is 23.2 Å². The first kappa shape index (κ1) is 22.8. The molecule has 0 bridgehead atoms. The van der Waals surface area contributed by atoms with Crippen LogP contribution in [-0.4, -0.2) is 29.3 Å². The molecule has 33 heavy (non-hydrogen) atoms. The maximum absolute atomic E-state index is 13.1. The van der Waals surface area contributed by atoms with Crippen LogP contribution in [0, 0.1) is 6.92 Å². The summed E-state index contributed by atoms with van der Waals surface area (Å²) >= 11 is 3.36. The van der Waals surface area contributed by atoms with Gasteiger partial charge in [-0.05, 0) is 46.6 Å². The maximum atomic E-state index is 13.1. The van der Waals surface area contributed by atoms with Crippen LogP contribution >= 0.6 is 15.9 Å². The van der Waals surface area contributed by atoms with Gasteiger partial charge in [0.25, 0.3) is 5.56 Å². The van der Waals surface area contributed by atoms with Crippen LogP contribution in [0.2, 0.25) is 0 Å². The molecule has 0 N–H and O–H groups in total. The van der Waals surface area contributed by atoms with E-state index in [9.17, 15) is 4.79 Å². The molecule has 4 aromatic rings. The van der Waals surface area contributed by atoms with Crippen molar-refractivity contribution in [3.8, 4) is 22.8 Å². The molecule has 0 atom stereocenters. The largest absolute Gasteiger partial charge is 0.470 e. The van der Waals surface area contributed by atoms with Crippen LogP contribution in [0.3, 0.4) is 0 Å². The summed E-state index contributed by atoms with van der Waals surface area (Å²) in [5, 5.41) is 4.27. The summed E-state index contributed by atoms with van der Waals surface area (Å²) in [5.41, 5.74) is 3.66. The van der Waals surface area contributed by atoms with Crippen molar-refractivity contribution in [2.45, 2.75) is 39.7 Å². The third kappa shape index (κ3) is 4.88. The lowest BCUT2D eigenvalue weighted by atomic mass is 9.95. The summed E-state index contributed by atoms with van der Waals surface area (Å²) in [7, 11) is 1.83. The van der Waals surface area contributed by atoms with E-state index < -0.39 is 0 Å². The predicted molar refractivity (Wildman–Crippen MR) is 130 cm³/mol. The molecule has 0 radical (unpaired) electrons. The van der Waals surface area contributed by atoms with Gasteiger partial charge in [-0.15, -0.1) is 0 Å². The monoisotopic (exact) mass is 508 g/mol. The fourth-order valence-electron chi connectivity index (χ4n) is 3.28. The molecule has 0 amide bonds. The minimum atomic E-state index is -0.265. The molecule has 8 nitrogen and oxygen atoms in total. The summed E-state index contributed by atoms with van der Waals surface area (Å²) in [6.07, 6.45) is 5.07. The molecule has 0 aliphatic carbocycles. The number of ether oxygens (including phenoxy) is 1. The summed E-state index contributed by atoms with van der Waals surface area (Å²) in [4.78, 5) is 26.6.